The van der Waals surface area contributed by atoms with Crippen LogP contribution in [0.15, 0.2) is 59.6 Å². The smallest absolute Gasteiger partial charge is 0.191 e. The van der Waals surface area contributed by atoms with E-state index in [-0.39, 0.29) is 30.5 Å². The van der Waals surface area contributed by atoms with Crippen molar-refractivity contribution >= 4 is 29.9 Å². The van der Waals surface area contributed by atoms with Gasteiger partial charge in [-0.2, -0.15) is 0 Å². The van der Waals surface area contributed by atoms with E-state index >= 15 is 0 Å². The maximum atomic E-state index is 10.7. The van der Waals surface area contributed by atoms with Crippen LogP contribution in [-0.2, 0) is 12.0 Å². The Morgan fingerprint density at radius 3 is 2.52 bits per heavy atom. The minimum absolute atomic E-state index is 0. The lowest BCUT2D eigenvalue weighted by molar-refractivity contribution is 0.0672. The minimum atomic E-state index is -1.00. The molecule has 0 saturated heterocycles. The molecule has 0 aromatic heterocycles. The quantitative estimate of drug-likeness (QED) is 0.306. The number of rotatable bonds is 8. The van der Waals surface area contributed by atoms with E-state index < -0.39 is 5.60 Å². The van der Waals surface area contributed by atoms with Gasteiger partial charge in [-0.15, -0.1) is 24.0 Å². The lowest BCUT2D eigenvalue weighted by atomic mass is 9.96. The molecule has 0 aliphatic heterocycles. The monoisotopic (exact) mass is 483 g/mol. The summed E-state index contributed by atoms with van der Waals surface area (Å²) in [4.78, 5) is 4.55. The molecule has 0 aliphatic rings. The molecular formula is C21H30IN3O2. The molecule has 2 aromatic carbocycles. The van der Waals surface area contributed by atoms with Crippen LogP contribution in [0.4, 0.5) is 0 Å². The van der Waals surface area contributed by atoms with Crippen LogP contribution in [0.3, 0.4) is 0 Å². The van der Waals surface area contributed by atoms with E-state index in [0.717, 1.165) is 30.8 Å². The number of nitrogens with zero attached hydrogens (tertiary/aromatic N) is 1. The fourth-order valence-corrected chi connectivity index (χ4v) is 2.62. The summed E-state index contributed by atoms with van der Waals surface area (Å²) in [7, 11) is 1.67. The van der Waals surface area contributed by atoms with Gasteiger partial charge in [0.25, 0.3) is 0 Å². The first-order valence-electron chi connectivity index (χ1n) is 8.98. The highest BCUT2D eigenvalue weighted by molar-refractivity contribution is 14.0. The number of ether oxygens (including phenoxy) is 1. The molecule has 0 bridgehead atoms. The Morgan fingerprint density at radius 1 is 1.11 bits per heavy atom. The van der Waals surface area contributed by atoms with E-state index in [1.54, 1.807) is 14.0 Å². The summed E-state index contributed by atoms with van der Waals surface area (Å²) in [6, 6.07) is 17.7. The van der Waals surface area contributed by atoms with Crippen LogP contribution in [-0.4, -0.2) is 37.8 Å². The maximum Gasteiger partial charge on any atom is 0.191 e. The lowest BCUT2D eigenvalue weighted by Gasteiger charge is -2.22. The molecule has 0 amide bonds. The molecule has 148 valence electrons. The van der Waals surface area contributed by atoms with E-state index in [4.69, 9.17) is 4.74 Å². The number of hydrogen-bond acceptors (Lipinski definition) is 3. The highest BCUT2D eigenvalue weighted by Crippen LogP contribution is 2.20. The predicted octanol–water partition coefficient (Wildman–Crippen LogP) is 3.32. The Balaban J connectivity index is 0.00000364. The molecule has 3 N–H and O–H groups in total. The second-order valence-electron chi connectivity index (χ2n) is 6.36. The van der Waals surface area contributed by atoms with Gasteiger partial charge in [-0.1, -0.05) is 42.5 Å². The zero-order valence-electron chi connectivity index (χ0n) is 16.2. The number of nitrogens with one attached hydrogen (secondary N) is 2. The second kappa shape index (κ2) is 11.8. The van der Waals surface area contributed by atoms with Crippen LogP contribution < -0.4 is 15.4 Å². The topological polar surface area (TPSA) is 65.9 Å². The zero-order chi connectivity index (χ0) is 18.8. The third kappa shape index (κ3) is 7.76. The van der Waals surface area contributed by atoms with Crippen molar-refractivity contribution < 1.29 is 9.84 Å². The normalized spacial score (nSPS) is 13.3. The highest BCUT2D eigenvalue weighted by Gasteiger charge is 2.22. The largest absolute Gasteiger partial charge is 0.497 e. The Hall–Kier alpha value is -1.80. The number of guanidine groups is 1. The standard InChI is InChI=1S/C21H29N3O2.HI/c1-4-22-20(23-14-13-17-9-8-12-19(15-17)26-3)24-16-21(2,25)18-10-6-5-7-11-18;/h5-12,15,25H,4,13-14,16H2,1-3H3,(H2,22,23,24);1H. The number of aliphatic hydroxyl groups is 1. The number of aliphatic imine (C=N–C) groups is 1. The molecule has 0 saturated carbocycles. The summed E-state index contributed by atoms with van der Waals surface area (Å²) < 4.78 is 5.25. The lowest BCUT2D eigenvalue weighted by Crippen LogP contribution is -2.39. The first kappa shape index (κ1) is 23.2. The summed E-state index contributed by atoms with van der Waals surface area (Å²) in [6.45, 7) is 5.59. The Morgan fingerprint density at radius 2 is 1.85 bits per heavy atom. The Kier molecular flexibility index (Phi) is 10.2. The number of hydrogen-bond donors (Lipinski definition) is 3. The molecule has 1 atom stereocenters. The maximum absolute atomic E-state index is 10.7. The SMILES string of the molecule is CCNC(=NCC(C)(O)c1ccccc1)NCCc1cccc(OC)c1.I. The van der Waals surface area contributed by atoms with Gasteiger partial charge in [0.15, 0.2) is 5.96 Å². The van der Waals surface area contributed by atoms with Crippen molar-refractivity contribution in [3.05, 3.63) is 65.7 Å². The second-order valence-corrected chi connectivity index (χ2v) is 6.36. The van der Waals surface area contributed by atoms with Gasteiger partial charge in [0.05, 0.1) is 13.7 Å². The molecule has 0 radical (unpaired) electrons. The fraction of sp³-hybridized carbons (Fsp3) is 0.381. The molecule has 2 aromatic rings. The molecule has 1 unspecified atom stereocenters. The van der Waals surface area contributed by atoms with Gasteiger partial charge >= 0.3 is 0 Å². The Labute approximate surface area is 179 Å². The van der Waals surface area contributed by atoms with Crippen molar-refractivity contribution in [1.29, 1.82) is 0 Å². The van der Waals surface area contributed by atoms with Crippen LogP contribution in [0, 0.1) is 0 Å². The molecule has 0 heterocycles. The van der Waals surface area contributed by atoms with E-state index in [1.165, 1.54) is 5.56 Å². The van der Waals surface area contributed by atoms with Crippen LogP contribution in [0.25, 0.3) is 0 Å². The van der Waals surface area contributed by atoms with Crippen molar-refractivity contribution in [2.75, 3.05) is 26.7 Å². The summed E-state index contributed by atoms with van der Waals surface area (Å²) in [5.41, 5.74) is 1.05. The molecule has 0 fully saturated rings. The van der Waals surface area contributed by atoms with Crippen LogP contribution in [0.1, 0.15) is 25.0 Å². The van der Waals surface area contributed by atoms with Gasteiger partial charge < -0.3 is 20.5 Å². The molecule has 27 heavy (non-hydrogen) atoms. The van der Waals surface area contributed by atoms with E-state index in [9.17, 15) is 5.11 Å². The van der Waals surface area contributed by atoms with Crippen molar-refractivity contribution in [1.82, 2.24) is 10.6 Å². The molecular weight excluding hydrogens is 453 g/mol. The van der Waals surface area contributed by atoms with E-state index in [0.29, 0.717) is 5.96 Å². The van der Waals surface area contributed by atoms with Gasteiger partial charge in [-0.25, -0.2) is 4.99 Å². The van der Waals surface area contributed by atoms with Gasteiger partial charge in [-0.05, 0) is 43.5 Å². The first-order chi connectivity index (χ1) is 12.5. The predicted molar refractivity (Wildman–Crippen MR) is 122 cm³/mol. The number of benzene rings is 2. The minimum Gasteiger partial charge on any atom is -0.497 e. The van der Waals surface area contributed by atoms with Gasteiger partial charge in [0.1, 0.15) is 11.4 Å². The van der Waals surface area contributed by atoms with E-state index in [2.05, 4.69) is 21.7 Å². The highest BCUT2D eigenvalue weighted by atomic mass is 127. The average molecular weight is 483 g/mol. The van der Waals surface area contributed by atoms with Crippen molar-refractivity contribution in [3.63, 3.8) is 0 Å². The van der Waals surface area contributed by atoms with Crippen LogP contribution >= 0.6 is 24.0 Å². The molecule has 2 rings (SSSR count). The van der Waals surface area contributed by atoms with Gasteiger partial charge in [-0.3, -0.25) is 0 Å². The summed E-state index contributed by atoms with van der Waals surface area (Å²) >= 11 is 0. The van der Waals surface area contributed by atoms with Crippen molar-refractivity contribution in [2.24, 2.45) is 4.99 Å². The van der Waals surface area contributed by atoms with Crippen molar-refractivity contribution in [2.45, 2.75) is 25.9 Å². The molecule has 0 aliphatic carbocycles. The van der Waals surface area contributed by atoms with Crippen LogP contribution in [0.5, 0.6) is 5.75 Å². The molecule has 5 nitrogen and oxygen atoms in total. The summed E-state index contributed by atoms with van der Waals surface area (Å²) in [6.07, 6.45) is 0.858. The third-order valence-corrected chi connectivity index (χ3v) is 4.13. The first-order valence-corrected chi connectivity index (χ1v) is 8.98. The zero-order valence-corrected chi connectivity index (χ0v) is 18.6. The summed E-state index contributed by atoms with van der Waals surface area (Å²) in [5.74, 6) is 1.56. The van der Waals surface area contributed by atoms with Gasteiger partial charge in [0.2, 0.25) is 0 Å². The third-order valence-electron chi connectivity index (χ3n) is 4.13. The fourth-order valence-electron chi connectivity index (χ4n) is 2.62. The molecule has 0 spiro atoms. The average Bonchev–Trinajstić information content (AvgIpc) is 2.67. The van der Waals surface area contributed by atoms with Crippen LogP contribution in [0.2, 0.25) is 0 Å². The molecule has 6 heteroatoms. The van der Waals surface area contributed by atoms with E-state index in [1.807, 2.05) is 55.5 Å². The summed E-state index contributed by atoms with van der Waals surface area (Å²) in [5, 5.41) is 17.2. The number of methoxy groups -OCH3 is 1. The number of halogens is 1. The Bertz CT molecular complexity index is 706. The van der Waals surface area contributed by atoms with Crippen molar-refractivity contribution in [3.8, 4) is 5.75 Å². The van der Waals surface area contributed by atoms with Gasteiger partial charge in [0, 0.05) is 13.1 Å².